The molecule has 204 valence electrons. The van der Waals surface area contributed by atoms with Crippen molar-refractivity contribution in [2.24, 2.45) is 5.92 Å². The minimum Gasteiger partial charge on any atom is -0.437 e. The average molecular weight is 546 g/mol. The van der Waals surface area contributed by atoms with Gasteiger partial charge in [0, 0.05) is 30.4 Å². The first-order valence-corrected chi connectivity index (χ1v) is 15.3. The number of piperidine rings is 1. The molecule has 0 amide bonds. The van der Waals surface area contributed by atoms with E-state index in [0.29, 0.717) is 23.3 Å². The molecule has 0 bridgehead atoms. The molecule has 1 aliphatic rings. The highest BCUT2D eigenvalue weighted by molar-refractivity contribution is 7.90. The quantitative estimate of drug-likeness (QED) is 0.283. The third-order valence-corrected chi connectivity index (χ3v) is 8.72. The molecule has 2 aromatic heterocycles. The Labute approximate surface area is 230 Å². The lowest BCUT2D eigenvalue weighted by Gasteiger charge is -2.23. The Morgan fingerprint density at radius 1 is 1.05 bits per heavy atom. The number of sulfone groups is 1. The molecule has 1 aliphatic heterocycles. The predicted octanol–water partition coefficient (Wildman–Crippen LogP) is 5.53. The van der Waals surface area contributed by atoms with E-state index in [2.05, 4.69) is 20.6 Å². The van der Waals surface area contributed by atoms with Crippen LogP contribution in [-0.4, -0.2) is 48.3 Å². The van der Waals surface area contributed by atoms with Crippen molar-refractivity contribution in [3.8, 4) is 22.9 Å². The third kappa shape index (κ3) is 6.54. The Kier molecular flexibility index (Phi) is 8.09. The molecule has 3 heterocycles. The zero-order chi connectivity index (χ0) is 27.4. The van der Waals surface area contributed by atoms with Crippen LogP contribution in [-0.2, 0) is 15.6 Å². The largest absolute Gasteiger partial charge is 0.437 e. The minimum atomic E-state index is -3.24. The zero-order valence-electron chi connectivity index (χ0n) is 22.6. The van der Waals surface area contributed by atoms with E-state index in [4.69, 9.17) is 9.72 Å². The molecule has 1 fully saturated rings. The fourth-order valence-corrected chi connectivity index (χ4v) is 6.93. The topological polar surface area (TPSA) is 106 Å². The van der Waals surface area contributed by atoms with Crippen LogP contribution >= 0.6 is 0 Å². The number of nitrogens with one attached hydrogen (secondary N) is 2. The van der Waals surface area contributed by atoms with Crippen LogP contribution in [0, 0.1) is 12.8 Å². The van der Waals surface area contributed by atoms with E-state index < -0.39 is 9.84 Å². The van der Waals surface area contributed by atoms with Crippen LogP contribution in [0.25, 0.3) is 22.0 Å². The van der Waals surface area contributed by atoms with E-state index >= 15 is 0 Å². The Morgan fingerprint density at radius 3 is 2.72 bits per heavy atom. The van der Waals surface area contributed by atoms with E-state index in [-0.39, 0.29) is 23.5 Å². The summed E-state index contributed by atoms with van der Waals surface area (Å²) in [5.74, 6) is 1.87. The van der Waals surface area contributed by atoms with Crippen molar-refractivity contribution in [3.05, 3.63) is 72.1 Å². The summed E-state index contributed by atoms with van der Waals surface area (Å²) >= 11 is 0. The maximum absolute atomic E-state index is 12.8. The smallest absolute Gasteiger partial charge is 0.228 e. The standard InChI is InChI=1S/C30H35N5O3S/c1-20(2)18-39(36,37)19-22-7-4-9-25-24(22)12-11-21(3)28(25)38-29-26(10-6-15-32-29)27-13-16-33-30(35-27)34-23-8-5-14-31-17-23/h4,6-7,9-13,15-16,20,23,31H,5,8,14,17-19H2,1-3H3,(H,33,34,35)/t23-/m0/s1. The predicted molar refractivity (Wildman–Crippen MR) is 156 cm³/mol. The van der Waals surface area contributed by atoms with E-state index in [1.165, 1.54) is 0 Å². The van der Waals surface area contributed by atoms with Gasteiger partial charge in [-0.15, -0.1) is 0 Å². The van der Waals surface area contributed by atoms with Crippen LogP contribution in [0.4, 0.5) is 5.95 Å². The SMILES string of the molecule is Cc1ccc2c(CS(=O)(=O)CC(C)C)cccc2c1Oc1ncccc1-c1ccnc(N[C@H]2CCCNC2)n1. The lowest BCUT2D eigenvalue weighted by molar-refractivity contribution is 0.466. The molecule has 9 heteroatoms. The molecule has 5 rings (SSSR count). The summed E-state index contributed by atoms with van der Waals surface area (Å²) in [4.78, 5) is 13.7. The van der Waals surface area contributed by atoms with Crippen LogP contribution in [0.3, 0.4) is 0 Å². The Bertz CT molecular complexity index is 1570. The molecule has 2 aromatic carbocycles. The number of anilines is 1. The van der Waals surface area contributed by atoms with Crippen molar-refractivity contribution < 1.29 is 13.2 Å². The van der Waals surface area contributed by atoms with Crippen LogP contribution in [0.15, 0.2) is 60.9 Å². The zero-order valence-corrected chi connectivity index (χ0v) is 23.5. The maximum Gasteiger partial charge on any atom is 0.228 e. The fourth-order valence-electron chi connectivity index (χ4n) is 5.07. The van der Waals surface area contributed by atoms with Crippen LogP contribution < -0.4 is 15.4 Å². The highest BCUT2D eigenvalue weighted by Crippen LogP contribution is 2.38. The second kappa shape index (κ2) is 11.7. The van der Waals surface area contributed by atoms with Crippen molar-refractivity contribution in [2.45, 2.75) is 45.4 Å². The van der Waals surface area contributed by atoms with Gasteiger partial charge in [-0.2, -0.15) is 0 Å². The molecular weight excluding hydrogens is 510 g/mol. The molecule has 0 aliphatic carbocycles. The number of hydrogen-bond acceptors (Lipinski definition) is 8. The number of aryl methyl sites for hydroxylation is 1. The van der Waals surface area contributed by atoms with Gasteiger partial charge in [-0.25, -0.2) is 23.4 Å². The molecule has 0 saturated carbocycles. The van der Waals surface area contributed by atoms with Crippen LogP contribution in [0.1, 0.15) is 37.8 Å². The molecule has 0 radical (unpaired) electrons. The molecule has 1 atom stereocenters. The van der Waals surface area contributed by atoms with Crippen molar-refractivity contribution >= 4 is 26.6 Å². The van der Waals surface area contributed by atoms with Crippen molar-refractivity contribution in [1.29, 1.82) is 0 Å². The van der Waals surface area contributed by atoms with Gasteiger partial charge >= 0.3 is 0 Å². The number of aromatic nitrogens is 3. The van der Waals surface area contributed by atoms with Crippen molar-refractivity contribution in [3.63, 3.8) is 0 Å². The Hall–Kier alpha value is -3.56. The third-order valence-electron chi connectivity index (χ3n) is 6.79. The van der Waals surface area contributed by atoms with Gasteiger partial charge in [-0.1, -0.05) is 44.2 Å². The Morgan fingerprint density at radius 2 is 1.92 bits per heavy atom. The second-order valence-electron chi connectivity index (χ2n) is 10.6. The lowest BCUT2D eigenvalue weighted by Crippen LogP contribution is -2.38. The summed E-state index contributed by atoms with van der Waals surface area (Å²) in [5.41, 5.74) is 3.15. The monoisotopic (exact) mass is 545 g/mol. The maximum atomic E-state index is 12.8. The average Bonchev–Trinajstić information content (AvgIpc) is 2.90. The molecule has 8 nitrogen and oxygen atoms in total. The molecule has 0 spiro atoms. The molecular formula is C30H35N5O3S. The summed E-state index contributed by atoms with van der Waals surface area (Å²) in [6.45, 7) is 7.74. The molecule has 0 unspecified atom stereocenters. The lowest BCUT2D eigenvalue weighted by atomic mass is 10.0. The number of fused-ring (bicyclic) bond motifs is 1. The van der Waals surface area contributed by atoms with E-state index in [9.17, 15) is 8.42 Å². The molecule has 39 heavy (non-hydrogen) atoms. The number of ether oxygens (including phenoxy) is 1. The van der Waals surface area contributed by atoms with Gasteiger partial charge in [0.05, 0.1) is 22.8 Å². The molecule has 4 aromatic rings. The number of pyridine rings is 1. The molecule has 2 N–H and O–H groups in total. The first-order valence-electron chi connectivity index (χ1n) is 13.4. The van der Waals surface area contributed by atoms with Gasteiger partial charge in [0.2, 0.25) is 11.8 Å². The highest BCUT2D eigenvalue weighted by atomic mass is 32.2. The van der Waals surface area contributed by atoms with E-state index in [1.807, 2.05) is 69.3 Å². The van der Waals surface area contributed by atoms with Crippen LogP contribution in [0.2, 0.25) is 0 Å². The van der Waals surface area contributed by atoms with E-state index in [1.54, 1.807) is 12.4 Å². The Balaban J connectivity index is 1.48. The first-order chi connectivity index (χ1) is 18.8. The minimum absolute atomic E-state index is 0.00686. The highest BCUT2D eigenvalue weighted by Gasteiger charge is 2.19. The van der Waals surface area contributed by atoms with Crippen molar-refractivity contribution in [1.82, 2.24) is 20.3 Å². The van der Waals surface area contributed by atoms with Gasteiger partial charge in [-0.3, -0.25) is 0 Å². The van der Waals surface area contributed by atoms with Gasteiger partial charge in [0.1, 0.15) is 5.75 Å². The number of benzene rings is 2. The number of nitrogens with zero attached hydrogens (tertiary/aromatic N) is 3. The van der Waals surface area contributed by atoms with Crippen LogP contribution in [0.5, 0.6) is 11.6 Å². The summed E-state index contributed by atoms with van der Waals surface area (Å²) in [6, 6.07) is 15.6. The first kappa shape index (κ1) is 27.0. The normalized spacial score (nSPS) is 15.9. The van der Waals surface area contributed by atoms with Gasteiger partial charge in [-0.05, 0) is 66.9 Å². The van der Waals surface area contributed by atoms with Gasteiger partial charge < -0.3 is 15.4 Å². The van der Waals surface area contributed by atoms with Crippen molar-refractivity contribution in [2.75, 3.05) is 24.2 Å². The van der Waals surface area contributed by atoms with Gasteiger partial charge in [0.15, 0.2) is 9.84 Å². The molecule has 1 saturated heterocycles. The second-order valence-corrected chi connectivity index (χ2v) is 12.7. The summed E-state index contributed by atoms with van der Waals surface area (Å²) < 4.78 is 32.1. The van der Waals surface area contributed by atoms with E-state index in [0.717, 1.165) is 53.4 Å². The van der Waals surface area contributed by atoms with Gasteiger partial charge in [0.25, 0.3) is 0 Å². The summed E-state index contributed by atoms with van der Waals surface area (Å²) in [6.07, 6.45) is 5.62. The number of rotatable bonds is 9. The summed E-state index contributed by atoms with van der Waals surface area (Å²) in [5, 5.41) is 8.54. The number of hydrogen-bond donors (Lipinski definition) is 2. The summed E-state index contributed by atoms with van der Waals surface area (Å²) in [7, 11) is -3.24. The fraction of sp³-hybridized carbons (Fsp3) is 0.367.